The van der Waals surface area contributed by atoms with Crippen LogP contribution >= 0.6 is 11.5 Å². The van der Waals surface area contributed by atoms with E-state index in [0.29, 0.717) is 6.04 Å². The Balaban J connectivity index is 1.94. The number of hydrogen-bond acceptors (Lipinski definition) is 4. The molecule has 1 aliphatic rings. The number of hydrogen-bond donors (Lipinski definition) is 1. The minimum Gasteiger partial charge on any atom is -0.358 e. The SMILES string of the molecule is CCC(CC1CC1)Nc1nc(C(C)(C)C)ns1. The maximum atomic E-state index is 4.59. The fourth-order valence-electron chi connectivity index (χ4n) is 1.84. The molecule has 1 heterocycles. The molecule has 3 nitrogen and oxygen atoms in total. The predicted octanol–water partition coefficient (Wildman–Crippen LogP) is 3.83. The first kappa shape index (κ1) is 12.8. The summed E-state index contributed by atoms with van der Waals surface area (Å²) in [5.41, 5.74) is 0.0502. The van der Waals surface area contributed by atoms with Crippen LogP contribution < -0.4 is 5.32 Å². The normalized spacial score (nSPS) is 18.1. The van der Waals surface area contributed by atoms with Gasteiger partial charge in [-0.25, -0.2) is 4.98 Å². The number of rotatable bonds is 5. The van der Waals surface area contributed by atoms with Crippen LogP contribution in [-0.4, -0.2) is 15.4 Å². The summed E-state index contributed by atoms with van der Waals surface area (Å²) in [6, 6.07) is 0.572. The third-order valence-electron chi connectivity index (χ3n) is 3.23. The average molecular weight is 253 g/mol. The molecule has 1 aliphatic carbocycles. The zero-order valence-electron chi connectivity index (χ0n) is 11.3. The van der Waals surface area contributed by atoms with Gasteiger partial charge in [-0.3, -0.25) is 0 Å². The van der Waals surface area contributed by atoms with Gasteiger partial charge in [-0.05, 0) is 18.8 Å². The van der Waals surface area contributed by atoms with E-state index >= 15 is 0 Å². The monoisotopic (exact) mass is 253 g/mol. The summed E-state index contributed by atoms with van der Waals surface area (Å²) >= 11 is 1.50. The van der Waals surface area contributed by atoms with Gasteiger partial charge in [-0.2, -0.15) is 4.37 Å². The fraction of sp³-hybridized carbons (Fsp3) is 0.846. The van der Waals surface area contributed by atoms with Gasteiger partial charge in [-0.1, -0.05) is 40.5 Å². The minimum atomic E-state index is 0.0502. The summed E-state index contributed by atoms with van der Waals surface area (Å²) in [6.07, 6.45) is 5.30. The Bertz CT molecular complexity index is 363. The van der Waals surface area contributed by atoms with E-state index in [-0.39, 0.29) is 5.41 Å². The lowest BCUT2D eigenvalue weighted by Gasteiger charge is -2.15. The highest BCUT2D eigenvalue weighted by molar-refractivity contribution is 7.09. The summed E-state index contributed by atoms with van der Waals surface area (Å²) in [5.74, 6) is 1.91. The molecular weight excluding hydrogens is 230 g/mol. The molecule has 1 saturated carbocycles. The van der Waals surface area contributed by atoms with Crippen molar-refractivity contribution in [1.29, 1.82) is 0 Å². The quantitative estimate of drug-likeness (QED) is 0.866. The van der Waals surface area contributed by atoms with Crippen LogP contribution in [0.15, 0.2) is 0 Å². The van der Waals surface area contributed by atoms with Crippen molar-refractivity contribution < 1.29 is 0 Å². The number of aromatic nitrogens is 2. The zero-order valence-corrected chi connectivity index (χ0v) is 12.1. The molecule has 0 saturated heterocycles. The van der Waals surface area contributed by atoms with Crippen molar-refractivity contribution in [3.8, 4) is 0 Å². The van der Waals surface area contributed by atoms with Gasteiger partial charge >= 0.3 is 0 Å². The number of nitrogens with zero attached hydrogens (tertiary/aromatic N) is 2. The fourth-order valence-corrected chi connectivity index (χ4v) is 2.68. The Morgan fingerprint density at radius 1 is 1.41 bits per heavy atom. The highest BCUT2D eigenvalue weighted by Crippen LogP contribution is 2.35. The molecule has 0 spiro atoms. The van der Waals surface area contributed by atoms with Crippen LogP contribution in [0.4, 0.5) is 5.13 Å². The third kappa shape index (κ3) is 3.66. The summed E-state index contributed by atoms with van der Waals surface area (Å²) in [4.78, 5) is 4.59. The highest BCUT2D eigenvalue weighted by Gasteiger charge is 2.26. The van der Waals surface area contributed by atoms with Crippen molar-refractivity contribution in [3.05, 3.63) is 5.82 Å². The van der Waals surface area contributed by atoms with E-state index in [9.17, 15) is 0 Å². The molecular formula is C13H23N3S. The van der Waals surface area contributed by atoms with Crippen molar-refractivity contribution in [1.82, 2.24) is 9.36 Å². The van der Waals surface area contributed by atoms with Crippen LogP contribution in [0.2, 0.25) is 0 Å². The molecule has 1 atom stereocenters. The second-order valence-electron chi connectivity index (χ2n) is 6.10. The number of anilines is 1. The molecule has 1 aromatic rings. The Morgan fingerprint density at radius 3 is 2.59 bits per heavy atom. The second-order valence-corrected chi connectivity index (χ2v) is 6.85. The van der Waals surface area contributed by atoms with Crippen molar-refractivity contribution in [2.24, 2.45) is 5.92 Å². The van der Waals surface area contributed by atoms with Crippen molar-refractivity contribution in [3.63, 3.8) is 0 Å². The molecule has 1 unspecified atom stereocenters. The lowest BCUT2D eigenvalue weighted by Crippen LogP contribution is -2.19. The van der Waals surface area contributed by atoms with Crippen LogP contribution in [0.3, 0.4) is 0 Å². The summed E-state index contributed by atoms with van der Waals surface area (Å²) in [7, 11) is 0. The smallest absolute Gasteiger partial charge is 0.202 e. The Labute approximate surface area is 108 Å². The lowest BCUT2D eigenvalue weighted by molar-refractivity contribution is 0.552. The molecule has 0 aromatic carbocycles. The molecule has 1 aromatic heterocycles. The van der Waals surface area contributed by atoms with Gasteiger partial charge in [0.2, 0.25) is 5.13 Å². The zero-order chi connectivity index (χ0) is 12.5. The first-order valence-electron chi connectivity index (χ1n) is 6.59. The maximum Gasteiger partial charge on any atom is 0.202 e. The van der Waals surface area contributed by atoms with Gasteiger partial charge in [0.15, 0.2) is 0 Å². The first-order chi connectivity index (χ1) is 7.99. The van der Waals surface area contributed by atoms with Crippen molar-refractivity contribution >= 4 is 16.7 Å². The van der Waals surface area contributed by atoms with E-state index in [1.807, 2.05) is 0 Å². The third-order valence-corrected chi connectivity index (χ3v) is 3.88. The Morgan fingerprint density at radius 2 is 2.12 bits per heavy atom. The topological polar surface area (TPSA) is 37.8 Å². The van der Waals surface area contributed by atoms with Crippen LogP contribution in [0.5, 0.6) is 0 Å². The average Bonchev–Trinajstić information content (AvgIpc) is 2.91. The molecule has 1 fully saturated rings. The van der Waals surface area contributed by atoms with Crippen LogP contribution in [0.1, 0.15) is 59.2 Å². The van der Waals surface area contributed by atoms with Gasteiger partial charge in [0.1, 0.15) is 5.82 Å². The van der Waals surface area contributed by atoms with Gasteiger partial charge in [0, 0.05) is 23.0 Å². The molecule has 0 aliphatic heterocycles. The van der Waals surface area contributed by atoms with Gasteiger partial charge < -0.3 is 5.32 Å². The van der Waals surface area contributed by atoms with E-state index in [1.54, 1.807) is 0 Å². The first-order valence-corrected chi connectivity index (χ1v) is 7.37. The maximum absolute atomic E-state index is 4.59. The van der Waals surface area contributed by atoms with E-state index in [1.165, 1.54) is 37.2 Å². The molecule has 0 amide bonds. The Hall–Kier alpha value is -0.640. The molecule has 2 rings (SSSR count). The summed E-state index contributed by atoms with van der Waals surface area (Å²) < 4.78 is 4.44. The second kappa shape index (κ2) is 4.92. The van der Waals surface area contributed by atoms with Crippen LogP contribution in [0, 0.1) is 5.92 Å². The molecule has 0 bridgehead atoms. The van der Waals surface area contributed by atoms with E-state index in [2.05, 4.69) is 42.4 Å². The molecule has 17 heavy (non-hydrogen) atoms. The van der Waals surface area contributed by atoms with Crippen molar-refractivity contribution in [2.45, 2.75) is 64.8 Å². The largest absolute Gasteiger partial charge is 0.358 e. The van der Waals surface area contributed by atoms with Gasteiger partial charge in [0.25, 0.3) is 0 Å². The van der Waals surface area contributed by atoms with Crippen LogP contribution in [-0.2, 0) is 5.41 Å². The highest BCUT2D eigenvalue weighted by atomic mass is 32.1. The summed E-state index contributed by atoms with van der Waals surface area (Å²) in [6.45, 7) is 8.70. The van der Waals surface area contributed by atoms with Crippen LogP contribution in [0.25, 0.3) is 0 Å². The van der Waals surface area contributed by atoms with Gasteiger partial charge in [-0.15, -0.1) is 0 Å². The standard InChI is InChI=1S/C13H23N3S/c1-5-10(8-9-6-7-9)14-12-15-11(16-17-12)13(2,3)4/h9-10H,5-8H2,1-4H3,(H,14,15,16). The molecule has 96 valence electrons. The molecule has 0 radical (unpaired) electrons. The molecule has 1 N–H and O–H groups in total. The van der Waals surface area contributed by atoms with E-state index in [4.69, 9.17) is 0 Å². The lowest BCUT2D eigenvalue weighted by atomic mass is 9.96. The van der Waals surface area contributed by atoms with E-state index < -0.39 is 0 Å². The Kier molecular flexibility index (Phi) is 3.71. The molecule has 4 heteroatoms. The van der Waals surface area contributed by atoms with Crippen molar-refractivity contribution in [2.75, 3.05) is 5.32 Å². The van der Waals surface area contributed by atoms with Gasteiger partial charge in [0.05, 0.1) is 0 Å². The predicted molar refractivity (Wildman–Crippen MR) is 73.7 cm³/mol. The summed E-state index contributed by atoms with van der Waals surface area (Å²) in [5, 5.41) is 4.53. The van der Waals surface area contributed by atoms with E-state index in [0.717, 1.165) is 16.9 Å². The minimum absolute atomic E-state index is 0.0502. The number of nitrogens with one attached hydrogen (secondary N) is 1.